The second-order valence-corrected chi connectivity index (χ2v) is 4.22. The summed E-state index contributed by atoms with van der Waals surface area (Å²) in [7, 11) is 0. The van der Waals surface area contributed by atoms with E-state index in [1.165, 1.54) is 0 Å². The van der Waals surface area contributed by atoms with Crippen LogP contribution in [0, 0.1) is 5.92 Å². The summed E-state index contributed by atoms with van der Waals surface area (Å²) in [6.45, 7) is 8.08. The van der Waals surface area contributed by atoms with Gasteiger partial charge in [0, 0.05) is 12.8 Å². The molecule has 1 heterocycles. The predicted molar refractivity (Wildman–Crippen MR) is 59.3 cm³/mol. The molecule has 1 aliphatic heterocycles. The minimum atomic E-state index is 0.378. The Bertz CT molecular complexity index is 204. The number of carbonyl (C=O) groups excluding carboxylic acids is 1. The third-order valence-corrected chi connectivity index (χ3v) is 2.92. The maximum Gasteiger partial charge on any atom is 0.137 e. The molecule has 0 amide bonds. The number of piperidine rings is 1. The Morgan fingerprint density at radius 2 is 2.07 bits per heavy atom. The number of carbonyl (C=O) groups is 1. The third-order valence-electron chi connectivity index (χ3n) is 2.92. The van der Waals surface area contributed by atoms with Gasteiger partial charge in [-0.3, -0.25) is 4.79 Å². The smallest absolute Gasteiger partial charge is 0.137 e. The molecule has 0 saturated carbocycles. The van der Waals surface area contributed by atoms with Crippen molar-refractivity contribution in [1.82, 2.24) is 5.32 Å². The number of ketones is 1. The zero-order valence-electron chi connectivity index (χ0n) is 9.14. The molecule has 1 fully saturated rings. The van der Waals surface area contributed by atoms with E-state index in [-0.39, 0.29) is 0 Å². The Labute approximate surface area is 86.8 Å². The van der Waals surface area contributed by atoms with E-state index in [4.69, 9.17) is 0 Å². The van der Waals surface area contributed by atoms with Crippen molar-refractivity contribution in [3.05, 3.63) is 12.2 Å². The van der Waals surface area contributed by atoms with Gasteiger partial charge in [-0.15, -0.1) is 0 Å². The van der Waals surface area contributed by atoms with Crippen molar-refractivity contribution in [3.63, 3.8) is 0 Å². The fourth-order valence-electron chi connectivity index (χ4n) is 1.88. The molecule has 80 valence electrons. The molecule has 0 aliphatic carbocycles. The molecule has 0 bridgehead atoms. The first-order valence-electron chi connectivity index (χ1n) is 5.61. The summed E-state index contributed by atoms with van der Waals surface area (Å²) in [6.07, 6.45) is 4.60. The van der Waals surface area contributed by atoms with E-state index in [2.05, 4.69) is 18.8 Å². The van der Waals surface area contributed by atoms with Gasteiger partial charge in [-0.2, -0.15) is 0 Å². The van der Waals surface area contributed by atoms with Crippen molar-refractivity contribution in [3.8, 4) is 0 Å². The molecule has 0 unspecified atom stereocenters. The molecule has 0 spiro atoms. The summed E-state index contributed by atoms with van der Waals surface area (Å²) in [6, 6.07) is 0. The summed E-state index contributed by atoms with van der Waals surface area (Å²) in [5, 5.41) is 3.31. The standard InChI is InChI=1S/C12H21NO/c1-3-10(2)8-12(14)9-11-4-6-13-7-5-11/h11,13H,2-9H2,1H3. The Hall–Kier alpha value is -0.630. The number of rotatable bonds is 5. The topological polar surface area (TPSA) is 29.1 Å². The molecule has 2 heteroatoms. The number of Topliss-reactive ketones (excluding diaryl/α,β-unsaturated/α-hetero) is 1. The molecular weight excluding hydrogens is 174 g/mol. The van der Waals surface area contributed by atoms with E-state index in [1.807, 2.05) is 0 Å². The molecule has 0 aromatic heterocycles. The lowest BCUT2D eigenvalue weighted by Crippen LogP contribution is -2.28. The van der Waals surface area contributed by atoms with Crippen LogP contribution in [0.25, 0.3) is 0 Å². The zero-order chi connectivity index (χ0) is 10.4. The van der Waals surface area contributed by atoms with Gasteiger partial charge in [-0.25, -0.2) is 0 Å². The van der Waals surface area contributed by atoms with Crippen LogP contribution in [0.1, 0.15) is 39.0 Å². The lowest BCUT2D eigenvalue weighted by Gasteiger charge is -2.21. The second-order valence-electron chi connectivity index (χ2n) is 4.22. The van der Waals surface area contributed by atoms with E-state index in [0.717, 1.165) is 44.3 Å². The van der Waals surface area contributed by atoms with Crippen LogP contribution < -0.4 is 5.32 Å². The molecule has 0 atom stereocenters. The Morgan fingerprint density at radius 3 is 2.64 bits per heavy atom. The summed E-state index contributed by atoms with van der Waals surface area (Å²) in [5.74, 6) is 0.997. The monoisotopic (exact) mass is 195 g/mol. The van der Waals surface area contributed by atoms with Gasteiger partial charge in [0.25, 0.3) is 0 Å². The van der Waals surface area contributed by atoms with E-state index in [9.17, 15) is 4.79 Å². The zero-order valence-corrected chi connectivity index (χ0v) is 9.14. The quantitative estimate of drug-likeness (QED) is 0.682. The fraction of sp³-hybridized carbons (Fsp3) is 0.750. The van der Waals surface area contributed by atoms with Crippen LogP contribution in [-0.4, -0.2) is 18.9 Å². The largest absolute Gasteiger partial charge is 0.317 e. The van der Waals surface area contributed by atoms with Gasteiger partial charge in [-0.1, -0.05) is 19.1 Å². The van der Waals surface area contributed by atoms with Crippen molar-refractivity contribution in [2.24, 2.45) is 5.92 Å². The van der Waals surface area contributed by atoms with Crippen LogP contribution in [0.2, 0.25) is 0 Å². The highest BCUT2D eigenvalue weighted by Gasteiger charge is 2.16. The Morgan fingerprint density at radius 1 is 1.43 bits per heavy atom. The average Bonchev–Trinajstić information content (AvgIpc) is 2.19. The maximum absolute atomic E-state index is 11.6. The molecule has 2 nitrogen and oxygen atoms in total. The molecular formula is C12H21NO. The first-order valence-corrected chi connectivity index (χ1v) is 5.61. The fourth-order valence-corrected chi connectivity index (χ4v) is 1.88. The lowest BCUT2D eigenvalue weighted by molar-refractivity contribution is -0.119. The van der Waals surface area contributed by atoms with E-state index in [1.54, 1.807) is 0 Å². The molecule has 0 aromatic carbocycles. The number of nitrogens with one attached hydrogen (secondary N) is 1. The molecule has 0 aromatic rings. The van der Waals surface area contributed by atoms with Crippen molar-refractivity contribution in [2.75, 3.05) is 13.1 Å². The number of allylic oxidation sites excluding steroid dienone is 1. The first kappa shape index (κ1) is 11.4. The second kappa shape index (κ2) is 5.97. The minimum Gasteiger partial charge on any atom is -0.317 e. The molecule has 1 aliphatic rings. The van der Waals surface area contributed by atoms with E-state index in [0.29, 0.717) is 18.1 Å². The highest BCUT2D eigenvalue weighted by molar-refractivity contribution is 5.80. The average molecular weight is 195 g/mol. The van der Waals surface area contributed by atoms with Crippen molar-refractivity contribution in [1.29, 1.82) is 0 Å². The molecule has 0 radical (unpaired) electrons. The van der Waals surface area contributed by atoms with Crippen LogP contribution in [0.15, 0.2) is 12.2 Å². The summed E-state index contributed by atoms with van der Waals surface area (Å²) in [5.41, 5.74) is 1.07. The van der Waals surface area contributed by atoms with Crippen molar-refractivity contribution >= 4 is 5.78 Å². The van der Waals surface area contributed by atoms with Gasteiger partial charge >= 0.3 is 0 Å². The SMILES string of the molecule is C=C(CC)CC(=O)CC1CCNCC1. The van der Waals surface area contributed by atoms with Crippen LogP contribution in [0.5, 0.6) is 0 Å². The third kappa shape index (κ3) is 4.05. The van der Waals surface area contributed by atoms with Gasteiger partial charge in [0.05, 0.1) is 0 Å². The van der Waals surface area contributed by atoms with E-state index >= 15 is 0 Å². The van der Waals surface area contributed by atoms with Crippen LogP contribution in [0.4, 0.5) is 0 Å². The highest BCUT2D eigenvalue weighted by Crippen LogP contribution is 2.18. The van der Waals surface area contributed by atoms with Gasteiger partial charge in [0.2, 0.25) is 0 Å². The van der Waals surface area contributed by atoms with Crippen LogP contribution in [0.3, 0.4) is 0 Å². The van der Waals surface area contributed by atoms with Gasteiger partial charge < -0.3 is 5.32 Å². The predicted octanol–water partition coefficient (Wildman–Crippen LogP) is 2.30. The number of hydrogen-bond acceptors (Lipinski definition) is 2. The van der Waals surface area contributed by atoms with Crippen LogP contribution >= 0.6 is 0 Å². The lowest BCUT2D eigenvalue weighted by atomic mass is 9.91. The van der Waals surface area contributed by atoms with E-state index < -0.39 is 0 Å². The molecule has 14 heavy (non-hydrogen) atoms. The molecule has 1 rings (SSSR count). The molecule has 1 saturated heterocycles. The Balaban J connectivity index is 2.21. The molecule has 1 N–H and O–H groups in total. The highest BCUT2D eigenvalue weighted by atomic mass is 16.1. The normalized spacial score (nSPS) is 18.1. The number of hydrogen-bond donors (Lipinski definition) is 1. The summed E-state index contributed by atoms with van der Waals surface area (Å²) >= 11 is 0. The maximum atomic E-state index is 11.6. The van der Waals surface area contributed by atoms with Crippen molar-refractivity contribution < 1.29 is 4.79 Å². The van der Waals surface area contributed by atoms with Gasteiger partial charge in [-0.05, 0) is 38.3 Å². The van der Waals surface area contributed by atoms with Gasteiger partial charge in [0.1, 0.15) is 5.78 Å². The Kier molecular flexibility index (Phi) is 4.88. The summed E-state index contributed by atoms with van der Waals surface area (Å²) < 4.78 is 0. The first-order chi connectivity index (χ1) is 6.72. The van der Waals surface area contributed by atoms with Crippen molar-refractivity contribution in [2.45, 2.75) is 39.0 Å². The summed E-state index contributed by atoms with van der Waals surface area (Å²) in [4.78, 5) is 11.6. The minimum absolute atomic E-state index is 0.378. The van der Waals surface area contributed by atoms with Gasteiger partial charge in [0.15, 0.2) is 0 Å². The van der Waals surface area contributed by atoms with Crippen LogP contribution in [-0.2, 0) is 4.79 Å².